The third kappa shape index (κ3) is 2.33. The lowest BCUT2D eigenvalue weighted by Crippen LogP contribution is -2.07. The molecule has 96 valence electrons. The lowest BCUT2D eigenvalue weighted by molar-refractivity contribution is -0.141. The Morgan fingerprint density at radius 2 is 2.06 bits per heavy atom. The molecule has 0 saturated carbocycles. The molecule has 0 atom stereocenters. The Labute approximate surface area is 106 Å². The summed E-state index contributed by atoms with van der Waals surface area (Å²) in [5, 5.41) is 3.77. The SMILES string of the molecule is Cc1onc(-c2ccc(C(F)(F)F)nc2)c1CCl. The first-order chi connectivity index (χ1) is 8.43. The summed E-state index contributed by atoms with van der Waals surface area (Å²) < 4.78 is 42.0. The van der Waals surface area contributed by atoms with Crippen LogP contribution in [0.4, 0.5) is 13.2 Å². The van der Waals surface area contributed by atoms with Gasteiger partial charge in [-0.05, 0) is 19.1 Å². The minimum absolute atomic E-state index is 0.172. The van der Waals surface area contributed by atoms with Crippen LogP contribution in [0.3, 0.4) is 0 Å². The summed E-state index contributed by atoms with van der Waals surface area (Å²) in [6.45, 7) is 1.69. The van der Waals surface area contributed by atoms with Gasteiger partial charge in [-0.2, -0.15) is 13.2 Å². The molecule has 2 aromatic rings. The smallest absolute Gasteiger partial charge is 0.361 e. The molecule has 0 saturated heterocycles. The first kappa shape index (κ1) is 12.9. The normalized spacial score (nSPS) is 11.8. The van der Waals surface area contributed by atoms with Crippen LogP contribution in [0, 0.1) is 6.92 Å². The van der Waals surface area contributed by atoms with E-state index in [0.29, 0.717) is 22.6 Å². The van der Waals surface area contributed by atoms with Crippen LogP contribution in [0.25, 0.3) is 11.3 Å². The first-order valence-electron chi connectivity index (χ1n) is 4.98. The van der Waals surface area contributed by atoms with E-state index >= 15 is 0 Å². The van der Waals surface area contributed by atoms with Crippen molar-refractivity contribution >= 4 is 11.6 Å². The van der Waals surface area contributed by atoms with Gasteiger partial charge >= 0.3 is 6.18 Å². The molecule has 7 heteroatoms. The fourth-order valence-electron chi connectivity index (χ4n) is 1.48. The van der Waals surface area contributed by atoms with Gasteiger partial charge in [-0.1, -0.05) is 5.16 Å². The molecule has 2 aromatic heterocycles. The molecule has 0 bridgehead atoms. The molecule has 0 spiro atoms. The number of alkyl halides is 4. The van der Waals surface area contributed by atoms with Gasteiger partial charge < -0.3 is 4.52 Å². The molecular formula is C11H8ClF3N2O. The number of aryl methyl sites for hydroxylation is 1. The minimum atomic E-state index is -4.45. The van der Waals surface area contributed by atoms with Crippen LogP contribution in [-0.2, 0) is 12.1 Å². The molecule has 0 fully saturated rings. The fraction of sp³-hybridized carbons (Fsp3) is 0.273. The van der Waals surface area contributed by atoms with E-state index in [1.807, 2.05) is 0 Å². The highest BCUT2D eigenvalue weighted by Crippen LogP contribution is 2.30. The molecule has 2 heterocycles. The van der Waals surface area contributed by atoms with Crippen molar-refractivity contribution in [3.63, 3.8) is 0 Å². The number of halogens is 4. The largest absolute Gasteiger partial charge is 0.433 e. The van der Waals surface area contributed by atoms with Crippen molar-refractivity contribution in [3.05, 3.63) is 35.3 Å². The van der Waals surface area contributed by atoms with Crippen LogP contribution >= 0.6 is 11.6 Å². The van der Waals surface area contributed by atoms with Gasteiger partial charge in [0.15, 0.2) is 0 Å². The summed E-state index contributed by atoms with van der Waals surface area (Å²) in [5.41, 5.74) is 0.566. The maximum absolute atomic E-state index is 12.4. The molecule has 0 N–H and O–H groups in total. The van der Waals surface area contributed by atoms with Crippen LogP contribution in [0.5, 0.6) is 0 Å². The molecule has 2 rings (SSSR count). The number of nitrogens with zero attached hydrogens (tertiary/aromatic N) is 2. The van der Waals surface area contributed by atoms with Gasteiger partial charge in [0.25, 0.3) is 0 Å². The maximum Gasteiger partial charge on any atom is 0.433 e. The quantitative estimate of drug-likeness (QED) is 0.783. The predicted molar refractivity (Wildman–Crippen MR) is 59.0 cm³/mol. The highest BCUT2D eigenvalue weighted by Gasteiger charge is 2.32. The maximum atomic E-state index is 12.4. The van der Waals surface area contributed by atoms with E-state index in [1.54, 1.807) is 6.92 Å². The Balaban J connectivity index is 2.40. The topological polar surface area (TPSA) is 38.9 Å². The van der Waals surface area contributed by atoms with Crippen LogP contribution < -0.4 is 0 Å². The predicted octanol–water partition coefficient (Wildman–Crippen LogP) is 3.80. The third-order valence-electron chi connectivity index (χ3n) is 2.45. The summed E-state index contributed by atoms with van der Waals surface area (Å²) in [6, 6.07) is 2.19. The number of rotatable bonds is 2. The lowest BCUT2D eigenvalue weighted by Gasteiger charge is -2.05. The van der Waals surface area contributed by atoms with Crippen molar-refractivity contribution in [2.75, 3.05) is 0 Å². The summed E-state index contributed by atoms with van der Waals surface area (Å²) in [4.78, 5) is 3.36. The van der Waals surface area contributed by atoms with Crippen molar-refractivity contribution in [1.82, 2.24) is 10.1 Å². The van der Waals surface area contributed by atoms with Crippen molar-refractivity contribution in [3.8, 4) is 11.3 Å². The summed E-state index contributed by atoms with van der Waals surface area (Å²) in [5.74, 6) is 0.714. The minimum Gasteiger partial charge on any atom is -0.361 e. The molecular weight excluding hydrogens is 269 g/mol. The molecule has 0 aromatic carbocycles. The monoisotopic (exact) mass is 276 g/mol. The number of aromatic nitrogens is 2. The second-order valence-corrected chi connectivity index (χ2v) is 3.90. The first-order valence-corrected chi connectivity index (χ1v) is 5.51. The van der Waals surface area contributed by atoms with Gasteiger partial charge in [0.1, 0.15) is 17.1 Å². The Morgan fingerprint density at radius 1 is 1.33 bits per heavy atom. The summed E-state index contributed by atoms with van der Waals surface area (Å²) in [7, 11) is 0. The van der Waals surface area contributed by atoms with E-state index in [0.717, 1.165) is 12.3 Å². The van der Waals surface area contributed by atoms with Gasteiger partial charge in [-0.25, -0.2) is 0 Å². The fourth-order valence-corrected chi connectivity index (χ4v) is 1.79. The molecule has 0 radical (unpaired) electrons. The van der Waals surface area contributed by atoms with Crippen molar-refractivity contribution in [2.24, 2.45) is 0 Å². The Hall–Kier alpha value is -1.56. The summed E-state index contributed by atoms with van der Waals surface area (Å²) in [6.07, 6.45) is -3.34. The molecule has 0 unspecified atom stereocenters. The van der Waals surface area contributed by atoms with Gasteiger partial charge in [0, 0.05) is 17.3 Å². The average molecular weight is 277 g/mol. The van der Waals surface area contributed by atoms with Gasteiger partial charge in [-0.15, -0.1) is 11.6 Å². The van der Waals surface area contributed by atoms with Gasteiger partial charge in [0.2, 0.25) is 0 Å². The molecule has 0 aliphatic heterocycles. The molecule has 0 amide bonds. The standard InChI is InChI=1S/C11H8ClF3N2O/c1-6-8(4-12)10(17-18-6)7-2-3-9(16-5-7)11(13,14)15/h2-3,5H,4H2,1H3. The van der Waals surface area contributed by atoms with Crippen LogP contribution in [0.2, 0.25) is 0 Å². The zero-order valence-electron chi connectivity index (χ0n) is 9.25. The van der Waals surface area contributed by atoms with Crippen molar-refractivity contribution in [1.29, 1.82) is 0 Å². The Kier molecular flexibility index (Phi) is 3.30. The second-order valence-electron chi connectivity index (χ2n) is 3.63. The van der Waals surface area contributed by atoms with E-state index < -0.39 is 11.9 Å². The van der Waals surface area contributed by atoms with E-state index in [4.69, 9.17) is 16.1 Å². The van der Waals surface area contributed by atoms with Crippen molar-refractivity contribution in [2.45, 2.75) is 19.0 Å². The second kappa shape index (κ2) is 4.61. The number of pyridine rings is 1. The van der Waals surface area contributed by atoms with E-state index in [1.165, 1.54) is 6.07 Å². The molecule has 0 aliphatic carbocycles. The molecule has 18 heavy (non-hydrogen) atoms. The van der Waals surface area contributed by atoms with Gasteiger partial charge in [0.05, 0.1) is 5.88 Å². The van der Waals surface area contributed by atoms with Crippen LogP contribution in [0.1, 0.15) is 17.0 Å². The van der Waals surface area contributed by atoms with Crippen LogP contribution in [-0.4, -0.2) is 10.1 Å². The van der Waals surface area contributed by atoms with Crippen molar-refractivity contribution < 1.29 is 17.7 Å². The zero-order chi connectivity index (χ0) is 13.3. The van der Waals surface area contributed by atoms with E-state index in [-0.39, 0.29) is 5.88 Å². The third-order valence-corrected chi connectivity index (χ3v) is 2.71. The number of hydrogen-bond acceptors (Lipinski definition) is 3. The lowest BCUT2D eigenvalue weighted by atomic mass is 10.1. The molecule has 0 aliphatic rings. The number of hydrogen-bond donors (Lipinski definition) is 0. The highest BCUT2D eigenvalue weighted by molar-refractivity contribution is 6.17. The summed E-state index contributed by atoms with van der Waals surface area (Å²) >= 11 is 5.73. The van der Waals surface area contributed by atoms with E-state index in [9.17, 15) is 13.2 Å². The Morgan fingerprint density at radius 3 is 2.56 bits per heavy atom. The zero-order valence-corrected chi connectivity index (χ0v) is 10.0. The van der Waals surface area contributed by atoms with Gasteiger partial charge in [-0.3, -0.25) is 4.98 Å². The van der Waals surface area contributed by atoms with E-state index in [2.05, 4.69) is 10.1 Å². The average Bonchev–Trinajstić information content (AvgIpc) is 2.69. The molecule has 3 nitrogen and oxygen atoms in total. The highest BCUT2D eigenvalue weighted by atomic mass is 35.5. The Bertz CT molecular complexity index is 548. The van der Waals surface area contributed by atoms with Crippen LogP contribution in [0.15, 0.2) is 22.9 Å².